The summed E-state index contributed by atoms with van der Waals surface area (Å²) in [5.74, 6) is -0.317. The molecule has 6 nitrogen and oxygen atoms in total. The second-order valence-electron chi connectivity index (χ2n) is 7.02. The Morgan fingerprint density at radius 2 is 1.75 bits per heavy atom. The maximum Gasteiger partial charge on any atom is 0.254 e. The minimum Gasteiger partial charge on any atom is -0.333 e. The molecule has 2 atom stereocenters. The van der Waals surface area contributed by atoms with E-state index in [0.29, 0.717) is 17.8 Å². The zero-order valence-electron chi connectivity index (χ0n) is 15.8. The number of benzene rings is 2. The van der Waals surface area contributed by atoms with E-state index < -0.39 is 10.9 Å². The minimum absolute atomic E-state index is 0.0260. The molecule has 0 bridgehead atoms. The maximum atomic E-state index is 13.2. The van der Waals surface area contributed by atoms with Crippen LogP contribution in [0.3, 0.4) is 0 Å². The van der Waals surface area contributed by atoms with Gasteiger partial charge < -0.3 is 4.90 Å². The summed E-state index contributed by atoms with van der Waals surface area (Å²) in [7, 11) is -2.73. The molecular weight excluding hydrogens is 381 g/mol. The molecule has 28 heavy (non-hydrogen) atoms. The van der Waals surface area contributed by atoms with Crippen LogP contribution in [0.1, 0.15) is 35.8 Å². The number of hydrogen-bond acceptors (Lipinski definition) is 4. The number of nitrogens with zero attached hydrogens (tertiary/aromatic N) is 2. The van der Waals surface area contributed by atoms with Crippen LogP contribution in [0.2, 0.25) is 0 Å². The topological polar surface area (TPSA) is 69.7 Å². The van der Waals surface area contributed by atoms with Gasteiger partial charge in [-0.3, -0.25) is 14.4 Å². The highest BCUT2D eigenvalue weighted by atomic mass is 32.2. The standard InChI is InChI=1S/C20H24FN3O3S/c1-14-13-23(15(2)16-3-7-18(21)8-4-16)11-12-24(14)20(25)17-5-9-19(10-6-17)22-28(26)27/h3-10,14-15,28H,11-13H2,1-2H3,(H,22,26,27)/t14-,15?/m1/s1. The third-order valence-electron chi connectivity index (χ3n) is 5.17. The Kier molecular flexibility index (Phi) is 6.31. The molecule has 2 aromatic rings. The summed E-state index contributed by atoms with van der Waals surface area (Å²) < 4.78 is 36.9. The normalized spacial score (nSPS) is 18.9. The number of hydrogen-bond donors (Lipinski definition) is 2. The highest BCUT2D eigenvalue weighted by Crippen LogP contribution is 2.25. The van der Waals surface area contributed by atoms with Crippen LogP contribution in [0.4, 0.5) is 10.1 Å². The highest BCUT2D eigenvalue weighted by molar-refractivity contribution is 7.73. The molecule has 8 heteroatoms. The Labute approximate surface area is 166 Å². The van der Waals surface area contributed by atoms with Crippen LogP contribution in [0.5, 0.6) is 0 Å². The van der Waals surface area contributed by atoms with Crippen LogP contribution in [-0.4, -0.2) is 49.8 Å². The van der Waals surface area contributed by atoms with Crippen LogP contribution in [0, 0.1) is 5.82 Å². The van der Waals surface area contributed by atoms with Crippen molar-refractivity contribution in [1.29, 1.82) is 0 Å². The largest absolute Gasteiger partial charge is 0.333 e. The lowest BCUT2D eigenvalue weighted by Crippen LogP contribution is -2.54. The second kappa shape index (κ2) is 8.70. The van der Waals surface area contributed by atoms with Crippen molar-refractivity contribution in [3.63, 3.8) is 0 Å². The number of anilines is 1. The third kappa shape index (κ3) is 4.69. The molecule has 1 aliphatic rings. The summed E-state index contributed by atoms with van der Waals surface area (Å²) in [4.78, 5) is 17.0. The van der Waals surface area contributed by atoms with E-state index in [1.165, 1.54) is 12.1 Å². The number of halogens is 1. The number of rotatable bonds is 5. The van der Waals surface area contributed by atoms with Gasteiger partial charge in [-0.1, -0.05) is 12.1 Å². The molecule has 0 aliphatic carbocycles. The minimum atomic E-state index is -2.73. The number of nitrogens with one attached hydrogen (secondary N) is 1. The van der Waals surface area contributed by atoms with E-state index in [9.17, 15) is 17.6 Å². The highest BCUT2D eigenvalue weighted by Gasteiger charge is 2.30. The Bertz CT molecular complexity index is 892. The molecule has 3 rings (SSSR count). The van der Waals surface area contributed by atoms with E-state index in [1.807, 2.05) is 11.8 Å². The van der Waals surface area contributed by atoms with Crippen molar-refractivity contribution >= 4 is 22.5 Å². The van der Waals surface area contributed by atoms with Gasteiger partial charge in [-0.15, -0.1) is 0 Å². The average molecular weight is 405 g/mol. The van der Waals surface area contributed by atoms with Crippen molar-refractivity contribution in [2.45, 2.75) is 25.9 Å². The third-order valence-corrected chi connectivity index (χ3v) is 5.61. The average Bonchev–Trinajstić information content (AvgIpc) is 2.67. The predicted octanol–water partition coefficient (Wildman–Crippen LogP) is 2.67. The summed E-state index contributed by atoms with van der Waals surface area (Å²) in [6, 6.07) is 13.1. The fourth-order valence-corrected chi connectivity index (χ4v) is 3.91. The first-order chi connectivity index (χ1) is 13.3. The van der Waals surface area contributed by atoms with Crippen molar-refractivity contribution in [1.82, 2.24) is 9.80 Å². The van der Waals surface area contributed by atoms with Crippen LogP contribution in [0.15, 0.2) is 48.5 Å². The lowest BCUT2D eigenvalue weighted by Gasteiger charge is -2.42. The molecule has 150 valence electrons. The summed E-state index contributed by atoms with van der Waals surface area (Å²) in [5.41, 5.74) is 2.00. The van der Waals surface area contributed by atoms with E-state index in [4.69, 9.17) is 0 Å². The lowest BCUT2D eigenvalue weighted by molar-refractivity contribution is 0.0406. The molecule has 1 amide bonds. The summed E-state index contributed by atoms with van der Waals surface area (Å²) in [6.07, 6.45) is 0. The lowest BCUT2D eigenvalue weighted by atomic mass is 10.0. The predicted molar refractivity (Wildman–Crippen MR) is 107 cm³/mol. The van der Waals surface area contributed by atoms with Gasteiger partial charge in [-0.25, -0.2) is 12.8 Å². The summed E-state index contributed by atoms with van der Waals surface area (Å²) in [5, 5.41) is 0. The molecule has 1 fully saturated rings. The van der Waals surface area contributed by atoms with Crippen molar-refractivity contribution in [2.75, 3.05) is 24.4 Å². The van der Waals surface area contributed by atoms with Crippen molar-refractivity contribution in [3.8, 4) is 0 Å². The van der Waals surface area contributed by atoms with E-state index in [0.717, 1.165) is 18.7 Å². The Balaban J connectivity index is 1.64. The van der Waals surface area contributed by atoms with Gasteiger partial charge >= 0.3 is 0 Å². The Morgan fingerprint density at radius 1 is 1.11 bits per heavy atom. The van der Waals surface area contributed by atoms with Crippen LogP contribution >= 0.6 is 0 Å². The molecule has 1 saturated heterocycles. The van der Waals surface area contributed by atoms with Crippen LogP contribution in [0.25, 0.3) is 0 Å². The van der Waals surface area contributed by atoms with Gasteiger partial charge in [0.25, 0.3) is 5.91 Å². The number of piperazine rings is 1. The SMILES string of the molecule is CC(c1ccc(F)cc1)N1CCN(C(=O)c2ccc(N[SH](=O)=O)cc2)[C@H](C)C1. The zero-order valence-corrected chi connectivity index (χ0v) is 16.7. The molecule has 0 saturated carbocycles. The number of amides is 1. The van der Waals surface area contributed by atoms with Crippen molar-refractivity contribution < 1.29 is 17.6 Å². The molecular formula is C20H24FN3O3S. The van der Waals surface area contributed by atoms with Crippen LogP contribution < -0.4 is 4.72 Å². The molecule has 1 N–H and O–H groups in total. The Morgan fingerprint density at radius 3 is 2.32 bits per heavy atom. The zero-order chi connectivity index (χ0) is 20.3. The second-order valence-corrected chi connectivity index (χ2v) is 7.75. The number of thiol groups is 1. The molecule has 0 spiro atoms. The van der Waals surface area contributed by atoms with Gasteiger partial charge in [0.2, 0.25) is 10.9 Å². The molecule has 0 aromatic heterocycles. The van der Waals surface area contributed by atoms with Gasteiger partial charge in [0.05, 0.1) is 0 Å². The fourth-order valence-electron chi connectivity index (χ4n) is 3.55. The van der Waals surface area contributed by atoms with Gasteiger partial charge in [0.1, 0.15) is 5.82 Å². The maximum absolute atomic E-state index is 13.2. The molecule has 0 radical (unpaired) electrons. The molecule has 1 heterocycles. The van der Waals surface area contributed by atoms with E-state index in [2.05, 4.69) is 16.5 Å². The molecule has 1 unspecified atom stereocenters. The molecule has 2 aromatic carbocycles. The van der Waals surface area contributed by atoms with Gasteiger partial charge in [-0.05, 0) is 55.8 Å². The quantitative estimate of drug-likeness (QED) is 0.751. The van der Waals surface area contributed by atoms with Gasteiger partial charge in [0, 0.05) is 43.0 Å². The van der Waals surface area contributed by atoms with Crippen molar-refractivity contribution in [2.24, 2.45) is 0 Å². The number of carbonyl (C=O) groups is 1. The van der Waals surface area contributed by atoms with E-state index in [1.54, 1.807) is 36.4 Å². The van der Waals surface area contributed by atoms with E-state index >= 15 is 0 Å². The van der Waals surface area contributed by atoms with Crippen LogP contribution in [-0.2, 0) is 10.9 Å². The summed E-state index contributed by atoms with van der Waals surface area (Å²) in [6.45, 7) is 6.15. The first kappa shape index (κ1) is 20.3. The van der Waals surface area contributed by atoms with Gasteiger partial charge in [-0.2, -0.15) is 0 Å². The van der Waals surface area contributed by atoms with E-state index in [-0.39, 0.29) is 23.8 Å². The summed E-state index contributed by atoms with van der Waals surface area (Å²) >= 11 is 0. The Hall–Kier alpha value is -2.45. The first-order valence-electron chi connectivity index (χ1n) is 9.16. The monoisotopic (exact) mass is 405 g/mol. The first-order valence-corrected chi connectivity index (χ1v) is 10.3. The van der Waals surface area contributed by atoms with Gasteiger partial charge in [0.15, 0.2) is 0 Å². The number of carbonyl (C=O) groups excluding carboxylic acids is 1. The van der Waals surface area contributed by atoms with Crippen molar-refractivity contribution in [3.05, 3.63) is 65.5 Å². The fraction of sp³-hybridized carbons (Fsp3) is 0.350. The smallest absolute Gasteiger partial charge is 0.254 e. The molecule has 1 aliphatic heterocycles.